The molecule has 0 heterocycles. The Kier molecular flexibility index (Phi) is 7.91. The van der Waals surface area contributed by atoms with Crippen LogP contribution >= 0.6 is 0 Å². The molecule has 7 nitrogen and oxygen atoms in total. The summed E-state index contributed by atoms with van der Waals surface area (Å²) >= 11 is 0. The molecule has 0 saturated heterocycles. The first-order valence-corrected chi connectivity index (χ1v) is 8.32. The van der Waals surface area contributed by atoms with Crippen LogP contribution in [0.4, 0.5) is 4.79 Å². The number of hydrogen-bond acceptors (Lipinski definition) is 4. The third-order valence-corrected chi connectivity index (χ3v) is 3.03. The van der Waals surface area contributed by atoms with E-state index in [4.69, 9.17) is 4.74 Å². The summed E-state index contributed by atoms with van der Waals surface area (Å²) in [7, 11) is 0. The summed E-state index contributed by atoms with van der Waals surface area (Å²) in [6.45, 7) is 8.18. The molecule has 0 unspecified atom stereocenters. The van der Waals surface area contributed by atoms with E-state index in [9.17, 15) is 14.4 Å². The van der Waals surface area contributed by atoms with E-state index in [1.165, 1.54) is 0 Å². The van der Waals surface area contributed by atoms with Crippen molar-refractivity contribution in [1.29, 1.82) is 0 Å². The number of nitrogens with one attached hydrogen (secondary N) is 3. The third-order valence-electron chi connectivity index (χ3n) is 3.03. The minimum Gasteiger partial charge on any atom is -0.444 e. The van der Waals surface area contributed by atoms with Gasteiger partial charge in [-0.3, -0.25) is 9.59 Å². The van der Waals surface area contributed by atoms with Crippen LogP contribution in [0.3, 0.4) is 0 Å². The maximum atomic E-state index is 12.0. The smallest absolute Gasteiger partial charge is 0.407 e. The van der Waals surface area contributed by atoms with Gasteiger partial charge in [-0.15, -0.1) is 0 Å². The Morgan fingerprint density at radius 3 is 2.20 bits per heavy atom. The highest BCUT2D eigenvalue weighted by atomic mass is 16.6. The molecular formula is C18H27N3O4. The normalized spacial score (nSPS) is 10.7. The van der Waals surface area contributed by atoms with Crippen molar-refractivity contribution in [2.24, 2.45) is 0 Å². The van der Waals surface area contributed by atoms with E-state index in [2.05, 4.69) is 16.0 Å². The molecule has 1 aromatic carbocycles. The molecule has 0 aliphatic carbocycles. The highest BCUT2D eigenvalue weighted by Crippen LogP contribution is 2.08. The minimum atomic E-state index is -0.546. The van der Waals surface area contributed by atoms with Gasteiger partial charge in [0.15, 0.2) is 0 Å². The summed E-state index contributed by atoms with van der Waals surface area (Å²) in [5.41, 5.74) is 0.738. The lowest BCUT2D eigenvalue weighted by atomic mass is 10.1. The molecule has 0 spiro atoms. The third kappa shape index (κ3) is 8.74. The Morgan fingerprint density at radius 1 is 1.00 bits per heavy atom. The molecule has 3 N–H and O–H groups in total. The zero-order valence-corrected chi connectivity index (χ0v) is 15.3. The largest absolute Gasteiger partial charge is 0.444 e. The van der Waals surface area contributed by atoms with Gasteiger partial charge >= 0.3 is 6.09 Å². The van der Waals surface area contributed by atoms with Crippen molar-refractivity contribution in [3.05, 3.63) is 35.4 Å². The Labute approximate surface area is 148 Å². The SMILES string of the molecule is CCCNC(=O)CNC(=O)c1ccc(CNC(=O)OC(C)(C)C)cc1. The van der Waals surface area contributed by atoms with Gasteiger partial charge in [0.1, 0.15) is 5.60 Å². The summed E-state index contributed by atoms with van der Waals surface area (Å²) in [6.07, 6.45) is 0.353. The zero-order valence-electron chi connectivity index (χ0n) is 15.3. The molecule has 0 fully saturated rings. The summed E-state index contributed by atoms with van der Waals surface area (Å²) in [5.74, 6) is -0.535. The molecule has 0 aliphatic heterocycles. The number of hydrogen-bond donors (Lipinski definition) is 3. The van der Waals surface area contributed by atoms with Crippen LogP contribution in [0.5, 0.6) is 0 Å². The van der Waals surface area contributed by atoms with E-state index < -0.39 is 11.7 Å². The molecule has 1 aromatic rings. The Hall–Kier alpha value is -2.57. The number of amides is 3. The van der Waals surface area contributed by atoms with E-state index in [0.29, 0.717) is 18.7 Å². The maximum absolute atomic E-state index is 12.0. The van der Waals surface area contributed by atoms with E-state index in [0.717, 1.165) is 12.0 Å². The van der Waals surface area contributed by atoms with Gasteiger partial charge in [-0.25, -0.2) is 4.79 Å². The second-order valence-corrected chi connectivity index (χ2v) is 6.58. The lowest BCUT2D eigenvalue weighted by Gasteiger charge is -2.19. The monoisotopic (exact) mass is 349 g/mol. The van der Waals surface area contributed by atoms with Crippen LogP contribution in [0.25, 0.3) is 0 Å². The first kappa shape index (κ1) is 20.5. The van der Waals surface area contributed by atoms with Crippen LogP contribution in [0.1, 0.15) is 50.0 Å². The van der Waals surface area contributed by atoms with Crippen LogP contribution in [-0.4, -0.2) is 36.6 Å². The Balaban J connectivity index is 2.43. The molecule has 138 valence electrons. The first-order valence-electron chi connectivity index (χ1n) is 8.32. The average molecular weight is 349 g/mol. The van der Waals surface area contributed by atoms with Crippen LogP contribution in [0.15, 0.2) is 24.3 Å². The van der Waals surface area contributed by atoms with Crippen molar-refractivity contribution < 1.29 is 19.1 Å². The first-order chi connectivity index (χ1) is 11.7. The highest BCUT2D eigenvalue weighted by Gasteiger charge is 2.15. The van der Waals surface area contributed by atoms with E-state index in [1.807, 2.05) is 6.92 Å². The van der Waals surface area contributed by atoms with Crippen LogP contribution in [0, 0.1) is 0 Å². The summed E-state index contributed by atoms with van der Waals surface area (Å²) in [6, 6.07) is 6.77. The fraction of sp³-hybridized carbons (Fsp3) is 0.500. The quantitative estimate of drug-likeness (QED) is 0.701. The highest BCUT2D eigenvalue weighted by molar-refractivity contribution is 5.96. The van der Waals surface area contributed by atoms with Crippen molar-refractivity contribution in [3.63, 3.8) is 0 Å². The Bertz CT molecular complexity index is 591. The van der Waals surface area contributed by atoms with Crippen molar-refractivity contribution in [2.45, 2.75) is 46.3 Å². The number of rotatable bonds is 7. The lowest BCUT2D eigenvalue weighted by molar-refractivity contribution is -0.120. The number of ether oxygens (including phenoxy) is 1. The molecule has 0 saturated carbocycles. The lowest BCUT2D eigenvalue weighted by Crippen LogP contribution is -2.37. The molecule has 0 bridgehead atoms. The van der Waals surface area contributed by atoms with Gasteiger partial charge in [-0.2, -0.15) is 0 Å². The standard InChI is InChI=1S/C18H27N3O4/c1-5-10-19-15(22)12-20-16(23)14-8-6-13(7-9-14)11-21-17(24)25-18(2,3)4/h6-9H,5,10-12H2,1-4H3,(H,19,22)(H,20,23)(H,21,24). The molecule has 0 aromatic heterocycles. The van der Waals surface area contributed by atoms with Gasteiger partial charge in [-0.1, -0.05) is 19.1 Å². The van der Waals surface area contributed by atoms with Crippen molar-refractivity contribution in [2.75, 3.05) is 13.1 Å². The number of carbonyl (C=O) groups excluding carboxylic acids is 3. The molecule has 7 heteroatoms. The predicted molar refractivity (Wildman–Crippen MR) is 95.1 cm³/mol. The molecule has 0 aliphatic rings. The summed E-state index contributed by atoms with van der Waals surface area (Å²) in [5, 5.41) is 7.90. The molecule has 25 heavy (non-hydrogen) atoms. The number of benzene rings is 1. The molecule has 1 rings (SSSR count). The number of alkyl carbamates (subject to hydrolysis) is 1. The van der Waals surface area contributed by atoms with Crippen molar-refractivity contribution in [1.82, 2.24) is 16.0 Å². The molecular weight excluding hydrogens is 322 g/mol. The Morgan fingerprint density at radius 2 is 1.64 bits per heavy atom. The van der Waals surface area contributed by atoms with E-state index in [1.54, 1.807) is 45.0 Å². The average Bonchev–Trinajstić information content (AvgIpc) is 2.55. The van der Waals surface area contributed by atoms with Crippen molar-refractivity contribution >= 4 is 17.9 Å². The predicted octanol–water partition coefficient (Wildman–Crippen LogP) is 1.97. The van der Waals surface area contributed by atoms with Crippen LogP contribution < -0.4 is 16.0 Å². The van der Waals surface area contributed by atoms with E-state index in [-0.39, 0.29) is 18.4 Å². The fourth-order valence-electron chi connectivity index (χ4n) is 1.85. The molecule has 0 radical (unpaired) electrons. The van der Waals surface area contributed by atoms with Gasteiger partial charge in [0, 0.05) is 18.7 Å². The van der Waals surface area contributed by atoms with Crippen LogP contribution in [-0.2, 0) is 16.1 Å². The summed E-state index contributed by atoms with van der Waals surface area (Å²) < 4.78 is 5.15. The zero-order chi connectivity index (χ0) is 18.9. The molecule has 0 atom stereocenters. The van der Waals surface area contributed by atoms with Gasteiger partial charge in [-0.05, 0) is 44.9 Å². The fourth-order valence-corrected chi connectivity index (χ4v) is 1.85. The second kappa shape index (κ2) is 9.66. The van der Waals surface area contributed by atoms with Crippen molar-refractivity contribution in [3.8, 4) is 0 Å². The van der Waals surface area contributed by atoms with Gasteiger partial charge in [0.25, 0.3) is 5.91 Å². The maximum Gasteiger partial charge on any atom is 0.407 e. The summed E-state index contributed by atoms with van der Waals surface area (Å²) in [4.78, 5) is 35.0. The van der Waals surface area contributed by atoms with Gasteiger partial charge in [0.05, 0.1) is 6.54 Å². The topological polar surface area (TPSA) is 96.5 Å². The number of carbonyl (C=O) groups is 3. The van der Waals surface area contributed by atoms with Gasteiger partial charge < -0.3 is 20.7 Å². The van der Waals surface area contributed by atoms with Crippen LogP contribution in [0.2, 0.25) is 0 Å². The van der Waals surface area contributed by atoms with E-state index >= 15 is 0 Å². The second-order valence-electron chi connectivity index (χ2n) is 6.58. The van der Waals surface area contributed by atoms with Gasteiger partial charge in [0.2, 0.25) is 5.91 Å². The molecule has 3 amide bonds. The minimum absolute atomic E-state index is 0.0548.